The standard InChI is InChI=1S/C24H16Cl2N2O/c1-2-17(12-16-6-5-8-19(25)13-16)22-14-18-7-3-4-9-21(18)24(29)28(22)23-11-10-20(26)15-27-23/h2-15H,1H2. The Morgan fingerprint density at radius 3 is 2.52 bits per heavy atom. The molecule has 29 heavy (non-hydrogen) atoms. The fraction of sp³-hybridized carbons (Fsp3) is 0. The molecule has 0 aliphatic rings. The van der Waals surface area contributed by atoms with Crippen molar-refractivity contribution < 1.29 is 0 Å². The summed E-state index contributed by atoms with van der Waals surface area (Å²) in [6.45, 7) is 3.96. The maximum absolute atomic E-state index is 13.4. The van der Waals surface area contributed by atoms with Gasteiger partial charge in [-0.2, -0.15) is 0 Å². The van der Waals surface area contributed by atoms with Crippen molar-refractivity contribution in [2.24, 2.45) is 0 Å². The van der Waals surface area contributed by atoms with Gasteiger partial charge in [0.25, 0.3) is 5.56 Å². The molecule has 0 fully saturated rings. The summed E-state index contributed by atoms with van der Waals surface area (Å²) in [5, 5.41) is 2.59. The SMILES string of the molecule is C=CC(=Cc1cccc(Cl)c1)c1cc2ccccc2c(=O)n1-c1ccc(Cl)cn1. The molecule has 142 valence electrons. The number of hydrogen-bond acceptors (Lipinski definition) is 2. The molecule has 0 bridgehead atoms. The zero-order valence-corrected chi connectivity index (χ0v) is 16.9. The number of allylic oxidation sites excluding steroid dienone is 2. The second-order valence-electron chi connectivity index (χ2n) is 6.45. The predicted molar refractivity (Wildman–Crippen MR) is 122 cm³/mol. The zero-order valence-electron chi connectivity index (χ0n) is 15.3. The molecule has 0 atom stereocenters. The minimum absolute atomic E-state index is 0.160. The van der Waals surface area contributed by atoms with Gasteiger partial charge in [0.1, 0.15) is 5.82 Å². The minimum Gasteiger partial charge on any atom is -0.268 e. The average molecular weight is 419 g/mol. The summed E-state index contributed by atoms with van der Waals surface area (Å²) in [7, 11) is 0. The molecule has 4 aromatic rings. The summed E-state index contributed by atoms with van der Waals surface area (Å²) in [5.74, 6) is 0.485. The van der Waals surface area contributed by atoms with Gasteiger partial charge in [-0.3, -0.25) is 9.36 Å². The van der Waals surface area contributed by atoms with Gasteiger partial charge in [-0.1, -0.05) is 66.2 Å². The lowest BCUT2D eigenvalue weighted by atomic mass is 10.0. The maximum Gasteiger partial charge on any atom is 0.264 e. The highest BCUT2D eigenvalue weighted by Crippen LogP contribution is 2.25. The van der Waals surface area contributed by atoms with Gasteiger partial charge in [-0.15, -0.1) is 0 Å². The number of benzene rings is 2. The van der Waals surface area contributed by atoms with Gasteiger partial charge < -0.3 is 0 Å². The summed E-state index contributed by atoms with van der Waals surface area (Å²) in [6, 6.07) is 20.4. The van der Waals surface area contributed by atoms with Crippen LogP contribution in [0.4, 0.5) is 0 Å². The molecule has 2 heterocycles. The van der Waals surface area contributed by atoms with E-state index in [9.17, 15) is 4.79 Å². The first-order valence-corrected chi connectivity index (χ1v) is 9.69. The van der Waals surface area contributed by atoms with Gasteiger partial charge in [0, 0.05) is 16.6 Å². The van der Waals surface area contributed by atoms with E-state index >= 15 is 0 Å². The second-order valence-corrected chi connectivity index (χ2v) is 7.32. The average Bonchev–Trinajstić information content (AvgIpc) is 2.73. The van der Waals surface area contributed by atoms with E-state index in [1.54, 1.807) is 22.8 Å². The molecule has 0 aliphatic carbocycles. The molecule has 0 radical (unpaired) electrons. The topological polar surface area (TPSA) is 34.9 Å². The maximum atomic E-state index is 13.4. The lowest BCUT2D eigenvalue weighted by Gasteiger charge is -2.15. The van der Waals surface area contributed by atoms with Gasteiger partial charge >= 0.3 is 0 Å². The summed E-state index contributed by atoms with van der Waals surface area (Å²) in [4.78, 5) is 17.7. The van der Waals surface area contributed by atoms with Gasteiger partial charge in [0.15, 0.2) is 0 Å². The van der Waals surface area contributed by atoms with Gasteiger partial charge in [0.05, 0.1) is 10.7 Å². The van der Waals surface area contributed by atoms with E-state index in [0.717, 1.165) is 16.5 Å². The molecule has 0 aliphatic heterocycles. The van der Waals surface area contributed by atoms with Gasteiger partial charge in [0.2, 0.25) is 0 Å². The van der Waals surface area contributed by atoms with Crippen molar-refractivity contribution in [3.8, 4) is 5.82 Å². The third-order valence-electron chi connectivity index (χ3n) is 4.55. The summed E-state index contributed by atoms with van der Waals surface area (Å²) < 4.78 is 1.58. The molecule has 0 saturated carbocycles. The Morgan fingerprint density at radius 2 is 1.79 bits per heavy atom. The number of hydrogen-bond donors (Lipinski definition) is 0. The Kier molecular flexibility index (Phi) is 5.34. The van der Waals surface area contributed by atoms with Gasteiger partial charge in [-0.25, -0.2) is 4.98 Å². The molecular formula is C24H16Cl2N2O. The second kappa shape index (κ2) is 8.08. The van der Waals surface area contributed by atoms with Crippen LogP contribution in [0.25, 0.3) is 28.2 Å². The van der Waals surface area contributed by atoms with Crippen molar-refractivity contribution in [1.29, 1.82) is 0 Å². The Hall–Kier alpha value is -3.14. The lowest BCUT2D eigenvalue weighted by molar-refractivity contribution is 0.938. The number of nitrogens with zero attached hydrogens (tertiary/aromatic N) is 2. The molecule has 2 aromatic carbocycles. The largest absolute Gasteiger partial charge is 0.268 e. The van der Waals surface area contributed by atoms with Crippen molar-refractivity contribution in [3.63, 3.8) is 0 Å². The molecule has 5 heteroatoms. The van der Waals surface area contributed by atoms with Crippen LogP contribution in [0, 0.1) is 0 Å². The fourth-order valence-corrected chi connectivity index (χ4v) is 3.52. The van der Waals surface area contributed by atoms with Crippen molar-refractivity contribution >= 4 is 45.6 Å². The lowest BCUT2D eigenvalue weighted by Crippen LogP contribution is -2.22. The van der Waals surface area contributed by atoms with Crippen LogP contribution in [-0.2, 0) is 0 Å². The molecule has 0 saturated heterocycles. The number of pyridine rings is 2. The van der Waals surface area contributed by atoms with Crippen molar-refractivity contribution in [2.45, 2.75) is 0 Å². The third kappa shape index (κ3) is 3.88. The molecule has 0 unspecified atom stereocenters. The van der Waals surface area contributed by atoms with Crippen LogP contribution in [0.3, 0.4) is 0 Å². The van der Waals surface area contributed by atoms with Crippen LogP contribution >= 0.6 is 23.2 Å². The van der Waals surface area contributed by atoms with E-state index in [0.29, 0.717) is 26.9 Å². The van der Waals surface area contributed by atoms with Crippen LogP contribution < -0.4 is 5.56 Å². The van der Waals surface area contributed by atoms with E-state index in [2.05, 4.69) is 11.6 Å². The monoisotopic (exact) mass is 418 g/mol. The van der Waals surface area contributed by atoms with E-state index < -0.39 is 0 Å². The molecule has 0 N–H and O–H groups in total. The highest BCUT2D eigenvalue weighted by atomic mass is 35.5. The molecule has 0 amide bonds. The Labute approximate surface area is 178 Å². The summed E-state index contributed by atoms with van der Waals surface area (Å²) in [5.41, 5.74) is 2.20. The van der Waals surface area contributed by atoms with Crippen molar-refractivity contribution in [1.82, 2.24) is 9.55 Å². The van der Waals surface area contributed by atoms with Crippen molar-refractivity contribution in [2.75, 3.05) is 0 Å². The molecule has 4 rings (SSSR count). The third-order valence-corrected chi connectivity index (χ3v) is 5.01. The molecule has 0 spiro atoms. The number of fused-ring (bicyclic) bond motifs is 1. The number of rotatable bonds is 4. The summed E-state index contributed by atoms with van der Waals surface area (Å²) in [6.07, 6.45) is 5.18. The normalized spacial score (nSPS) is 11.6. The van der Waals surface area contributed by atoms with E-state index in [1.807, 2.05) is 60.7 Å². The number of aromatic nitrogens is 2. The first-order valence-electron chi connectivity index (χ1n) is 8.93. The van der Waals surface area contributed by atoms with Crippen LogP contribution in [0.2, 0.25) is 10.0 Å². The van der Waals surface area contributed by atoms with E-state index in [4.69, 9.17) is 23.2 Å². The Morgan fingerprint density at radius 1 is 0.966 bits per heavy atom. The Bertz CT molecular complexity index is 1300. The highest BCUT2D eigenvalue weighted by Gasteiger charge is 2.14. The highest BCUT2D eigenvalue weighted by molar-refractivity contribution is 6.30. The van der Waals surface area contributed by atoms with Gasteiger partial charge in [-0.05, 0) is 59.0 Å². The van der Waals surface area contributed by atoms with Crippen LogP contribution in [0.15, 0.2) is 90.4 Å². The molecular weight excluding hydrogens is 403 g/mol. The van der Waals surface area contributed by atoms with Crippen LogP contribution in [0.5, 0.6) is 0 Å². The minimum atomic E-state index is -0.160. The molecule has 3 nitrogen and oxygen atoms in total. The fourth-order valence-electron chi connectivity index (χ4n) is 3.21. The first-order chi connectivity index (χ1) is 14.1. The quantitative estimate of drug-likeness (QED) is 0.358. The molecule has 2 aromatic heterocycles. The van der Waals surface area contributed by atoms with E-state index in [1.165, 1.54) is 6.20 Å². The van der Waals surface area contributed by atoms with Crippen molar-refractivity contribution in [3.05, 3.63) is 117 Å². The zero-order chi connectivity index (χ0) is 20.4. The number of halogens is 2. The van der Waals surface area contributed by atoms with E-state index in [-0.39, 0.29) is 5.56 Å². The van der Waals surface area contributed by atoms with Crippen LogP contribution in [0.1, 0.15) is 11.3 Å². The smallest absolute Gasteiger partial charge is 0.264 e. The first kappa shape index (κ1) is 19.2. The summed E-state index contributed by atoms with van der Waals surface area (Å²) >= 11 is 12.1. The predicted octanol–water partition coefficient (Wildman–Crippen LogP) is 6.42. The van der Waals surface area contributed by atoms with Crippen LogP contribution in [-0.4, -0.2) is 9.55 Å². The Balaban J connectivity index is 2.04.